The number of nitrogens with zero attached hydrogens (tertiary/aromatic N) is 2. The molecule has 4 nitrogen and oxygen atoms in total. The third-order valence-corrected chi connectivity index (χ3v) is 2.82. The van der Waals surface area contributed by atoms with Crippen molar-refractivity contribution >= 4 is 34.8 Å². The maximum Gasteiger partial charge on any atom is 0.161 e. The van der Waals surface area contributed by atoms with Crippen LogP contribution in [0, 0.1) is 0 Å². The van der Waals surface area contributed by atoms with Crippen LogP contribution in [0.25, 0.3) is 0 Å². The summed E-state index contributed by atoms with van der Waals surface area (Å²) in [6.07, 6.45) is 2.21. The molecular weight excluding hydrogens is 247 g/mol. The van der Waals surface area contributed by atoms with Crippen LogP contribution in [-0.2, 0) is 0 Å². The Morgan fingerprint density at radius 2 is 2.12 bits per heavy atom. The number of hydrazine groups is 1. The number of nitrogens with two attached hydrogens (primary N) is 1. The van der Waals surface area contributed by atoms with Gasteiger partial charge in [-0.25, -0.2) is 10.8 Å². The molecule has 90 valence electrons. The lowest BCUT2D eigenvalue weighted by atomic mass is 10.3. The van der Waals surface area contributed by atoms with E-state index in [1.807, 2.05) is 11.9 Å². The van der Waals surface area contributed by atoms with E-state index in [-0.39, 0.29) is 0 Å². The lowest BCUT2D eigenvalue weighted by molar-refractivity contribution is 0.760. The molecule has 0 aliphatic rings. The fraction of sp³-hybridized carbons (Fsp3) is 0.500. The van der Waals surface area contributed by atoms with E-state index in [1.165, 1.54) is 0 Å². The van der Waals surface area contributed by atoms with Gasteiger partial charge in [-0.2, -0.15) is 0 Å². The standard InChI is InChI=1S/C10H16Cl2N4/c1-3-4-5-16(2)10-8(12)6-7(11)9(14-10)15-13/h6H,3-5,13H2,1-2H3,(H,14,15). The van der Waals surface area contributed by atoms with Gasteiger partial charge in [0.25, 0.3) is 0 Å². The van der Waals surface area contributed by atoms with Crippen LogP contribution in [0.4, 0.5) is 11.6 Å². The molecule has 0 aromatic carbocycles. The van der Waals surface area contributed by atoms with Crippen molar-refractivity contribution in [3.63, 3.8) is 0 Å². The Bertz CT molecular complexity index is 357. The van der Waals surface area contributed by atoms with Crippen LogP contribution in [0.1, 0.15) is 19.8 Å². The molecule has 0 fully saturated rings. The zero-order chi connectivity index (χ0) is 12.1. The van der Waals surface area contributed by atoms with E-state index in [9.17, 15) is 0 Å². The van der Waals surface area contributed by atoms with Gasteiger partial charge in [-0.1, -0.05) is 36.5 Å². The Morgan fingerprint density at radius 3 is 2.69 bits per heavy atom. The molecule has 0 saturated carbocycles. The van der Waals surface area contributed by atoms with Crippen LogP contribution < -0.4 is 16.2 Å². The van der Waals surface area contributed by atoms with Crippen LogP contribution in [0.2, 0.25) is 10.0 Å². The van der Waals surface area contributed by atoms with Crippen molar-refractivity contribution in [3.05, 3.63) is 16.1 Å². The van der Waals surface area contributed by atoms with E-state index in [0.29, 0.717) is 21.7 Å². The number of rotatable bonds is 5. The third kappa shape index (κ3) is 3.14. The zero-order valence-electron chi connectivity index (χ0n) is 9.43. The first-order chi connectivity index (χ1) is 7.60. The summed E-state index contributed by atoms with van der Waals surface area (Å²) in [7, 11) is 1.94. The van der Waals surface area contributed by atoms with Gasteiger partial charge in [0.1, 0.15) is 5.82 Å². The Balaban J connectivity index is 2.94. The second kappa shape index (κ2) is 6.13. The number of nitrogens with one attached hydrogen (secondary N) is 1. The van der Waals surface area contributed by atoms with Gasteiger partial charge in [0.15, 0.2) is 5.82 Å². The van der Waals surface area contributed by atoms with Crippen molar-refractivity contribution in [1.82, 2.24) is 4.98 Å². The van der Waals surface area contributed by atoms with Crippen molar-refractivity contribution in [1.29, 1.82) is 0 Å². The molecule has 0 amide bonds. The number of anilines is 2. The monoisotopic (exact) mass is 262 g/mol. The average molecular weight is 263 g/mol. The van der Waals surface area contributed by atoms with Gasteiger partial charge >= 0.3 is 0 Å². The summed E-state index contributed by atoms with van der Waals surface area (Å²) in [5.74, 6) is 6.43. The summed E-state index contributed by atoms with van der Waals surface area (Å²) in [6.45, 7) is 3.03. The first kappa shape index (κ1) is 13.4. The smallest absolute Gasteiger partial charge is 0.161 e. The van der Waals surface area contributed by atoms with Gasteiger partial charge in [-0.15, -0.1) is 0 Å². The van der Waals surface area contributed by atoms with Crippen LogP contribution in [-0.4, -0.2) is 18.6 Å². The Labute approximate surface area is 106 Å². The van der Waals surface area contributed by atoms with Crippen LogP contribution in [0.3, 0.4) is 0 Å². The summed E-state index contributed by atoms with van der Waals surface area (Å²) in [6, 6.07) is 1.64. The van der Waals surface area contributed by atoms with Crippen molar-refractivity contribution in [3.8, 4) is 0 Å². The fourth-order valence-corrected chi connectivity index (χ4v) is 1.88. The van der Waals surface area contributed by atoms with E-state index in [0.717, 1.165) is 19.4 Å². The average Bonchev–Trinajstić information content (AvgIpc) is 2.26. The van der Waals surface area contributed by atoms with Gasteiger partial charge in [0, 0.05) is 13.6 Å². The van der Waals surface area contributed by atoms with Gasteiger partial charge in [-0.05, 0) is 12.5 Å². The summed E-state index contributed by atoms with van der Waals surface area (Å²) in [5, 5.41) is 0.947. The highest BCUT2D eigenvalue weighted by molar-refractivity contribution is 6.37. The first-order valence-electron chi connectivity index (χ1n) is 5.14. The molecule has 0 unspecified atom stereocenters. The minimum absolute atomic E-state index is 0.417. The molecule has 0 bridgehead atoms. The van der Waals surface area contributed by atoms with E-state index in [4.69, 9.17) is 29.0 Å². The van der Waals surface area contributed by atoms with E-state index < -0.39 is 0 Å². The summed E-state index contributed by atoms with van der Waals surface area (Å²) in [5.41, 5.74) is 2.45. The highest BCUT2D eigenvalue weighted by Gasteiger charge is 2.11. The Morgan fingerprint density at radius 1 is 1.44 bits per heavy atom. The van der Waals surface area contributed by atoms with E-state index in [2.05, 4.69) is 17.3 Å². The molecule has 1 rings (SSSR count). The van der Waals surface area contributed by atoms with Gasteiger partial charge in [0.2, 0.25) is 0 Å². The Kier molecular flexibility index (Phi) is 5.12. The molecule has 1 aromatic rings. The summed E-state index contributed by atoms with van der Waals surface area (Å²) >= 11 is 12.0. The summed E-state index contributed by atoms with van der Waals surface area (Å²) < 4.78 is 0. The van der Waals surface area contributed by atoms with Crippen molar-refractivity contribution in [2.45, 2.75) is 19.8 Å². The van der Waals surface area contributed by atoms with Gasteiger partial charge < -0.3 is 10.3 Å². The van der Waals surface area contributed by atoms with Crippen LogP contribution in [0.15, 0.2) is 6.07 Å². The molecular formula is C10H16Cl2N4. The fourth-order valence-electron chi connectivity index (χ4n) is 1.33. The second-order valence-electron chi connectivity index (χ2n) is 3.54. The van der Waals surface area contributed by atoms with Gasteiger partial charge in [0.05, 0.1) is 10.0 Å². The number of halogens is 2. The second-order valence-corrected chi connectivity index (χ2v) is 4.36. The van der Waals surface area contributed by atoms with Crippen molar-refractivity contribution in [2.75, 3.05) is 23.9 Å². The minimum atomic E-state index is 0.417. The zero-order valence-corrected chi connectivity index (χ0v) is 10.9. The number of hydrogen-bond acceptors (Lipinski definition) is 4. The molecule has 0 aliphatic carbocycles. The lowest BCUT2D eigenvalue weighted by Crippen LogP contribution is -2.21. The van der Waals surface area contributed by atoms with Gasteiger partial charge in [-0.3, -0.25) is 0 Å². The first-order valence-corrected chi connectivity index (χ1v) is 5.89. The molecule has 3 N–H and O–H groups in total. The molecule has 1 heterocycles. The van der Waals surface area contributed by atoms with E-state index >= 15 is 0 Å². The molecule has 16 heavy (non-hydrogen) atoms. The number of unbranched alkanes of at least 4 members (excludes halogenated alkanes) is 1. The molecule has 0 spiro atoms. The highest BCUT2D eigenvalue weighted by Crippen LogP contribution is 2.30. The highest BCUT2D eigenvalue weighted by atomic mass is 35.5. The maximum absolute atomic E-state index is 6.08. The molecule has 0 aliphatic heterocycles. The molecule has 0 atom stereocenters. The molecule has 1 aromatic heterocycles. The van der Waals surface area contributed by atoms with E-state index in [1.54, 1.807) is 6.07 Å². The van der Waals surface area contributed by atoms with Crippen molar-refractivity contribution in [2.24, 2.45) is 5.84 Å². The predicted molar refractivity (Wildman–Crippen MR) is 70.2 cm³/mol. The Hall–Kier alpha value is -0.710. The topological polar surface area (TPSA) is 54.2 Å². The molecule has 0 radical (unpaired) electrons. The molecule has 6 heteroatoms. The number of pyridine rings is 1. The summed E-state index contributed by atoms with van der Waals surface area (Å²) in [4.78, 5) is 6.26. The van der Waals surface area contributed by atoms with Crippen molar-refractivity contribution < 1.29 is 0 Å². The SMILES string of the molecule is CCCCN(C)c1nc(NN)c(Cl)cc1Cl. The predicted octanol–water partition coefficient (Wildman–Crippen LogP) is 2.91. The quantitative estimate of drug-likeness (QED) is 0.633. The minimum Gasteiger partial charge on any atom is -0.358 e. The lowest BCUT2D eigenvalue weighted by Gasteiger charge is -2.20. The van der Waals surface area contributed by atoms with Crippen LogP contribution >= 0.6 is 23.2 Å². The number of hydrogen-bond donors (Lipinski definition) is 2. The number of nitrogen functional groups attached to an aromatic ring is 1. The maximum atomic E-state index is 6.08. The normalized spacial score (nSPS) is 10.3. The van der Waals surface area contributed by atoms with Crippen LogP contribution in [0.5, 0.6) is 0 Å². The molecule has 0 saturated heterocycles. The third-order valence-electron chi connectivity index (χ3n) is 2.26. The largest absolute Gasteiger partial charge is 0.358 e. The number of aromatic nitrogens is 1.